The third-order valence-electron chi connectivity index (χ3n) is 4.12. The van der Waals surface area contributed by atoms with Crippen LogP contribution in [0.5, 0.6) is 0 Å². The molecular formula is C12H24N2O2. The van der Waals surface area contributed by atoms with Crippen LogP contribution < -0.4 is 10.6 Å². The molecule has 4 heteroatoms. The molecule has 0 aromatic carbocycles. The zero-order valence-corrected chi connectivity index (χ0v) is 11.0. The Labute approximate surface area is 98.1 Å². The molecule has 0 bridgehead atoms. The summed E-state index contributed by atoms with van der Waals surface area (Å²) in [4.78, 5) is 11.4. The Hall–Kier alpha value is -0.610. The Balaban J connectivity index is 2.19. The van der Waals surface area contributed by atoms with Gasteiger partial charge in [-0.25, -0.2) is 0 Å². The fourth-order valence-electron chi connectivity index (χ4n) is 2.26. The van der Waals surface area contributed by atoms with Crippen molar-refractivity contribution in [3.63, 3.8) is 0 Å². The number of carbonyl (C=O) groups is 1. The summed E-state index contributed by atoms with van der Waals surface area (Å²) in [7, 11) is 1.62. The molecule has 0 spiro atoms. The summed E-state index contributed by atoms with van der Waals surface area (Å²) in [6.45, 7) is 10.4. The fraction of sp³-hybridized carbons (Fsp3) is 0.917. The van der Waals surface area contributed by atoms with E-state index < -0.39 is 0 Å². The van der Waals surface area contributed by atoms with Crippen molar-refractivity contribution in [3.05, 3.63) is 0 Å². The molecule has 0 radical (unpaired) electrons. The normalized spacial score (nSPS) is 21.8. The van der Waals surface area contributed by atoms with Crippen LogP contribution in [0.3, 0.4) is 0 Å². The first-order chi connectivity index (χ1) is 7.34. The molecule has 0 aromatic heterocycles. The van der Waals surface area contributed by atoms with Crippen molar-refractivity contribution in [1.29, 1.82) is 0 Å². The van der Waals surface area contributed by atoms with Gasteiger partial charge < -0.3 is 15.4 Å². The largest absolute Gasteiger partial charge is 0.383 e. The van der Waals surface area contributed by atoms with Gasteiger partial charge in [-0.1, -0.05) is 27.7 Å². The standard InChI is InChI=1S/C12H24N2O2/c1-11(2)10(12(11,3)4)14-8-9(15)13-6-7-16-5/h10,14H,6-8H2,1-5H3,(H,13,15). The second kappa shape index (κ2) is 4.72. The number of methoxy groups -OCH3 is 1. The molecule has 0 atom stereocenters. The van der Waals surface area contributed by atoms with Crippen LogP contribution in [0.1, 0.15) is 27.7 Å². The maximum Gasteiger partial charge on any atom is 0.234 e. The molecule has 1 rings (SSSR count). The Bertz CT molecular complexity index is 248. The van der Waals surface area contributed by atoms with Gasteiger partial charge in [0.2, 0.25) is 5.91 Å². The van der Waals surface area contributed by atoms with Crippen LogP contribution in [0.25, 0.3) is 0 Å². The SMILES string of the molecule is COCCNC(=O)CNC1C(C)(C)C1(C)C. The number of hydrogen-bond donors (Lipinski definition) is 2. The van der Waals surface area contributed by atoms with E-state index in [1.165, 1.54) is 0 Å². The van der Waals surface area contributed by atoms with Gasteiger partial charge in [-0.05, 0) is 10.8 Å². The molecule has 0 saturated heterocycles. The van der Waals surface area contributed by atoms with Crippen molar-refractivity contribution in [2.24, 2.45) is 10.8 Å². The number of hydrogen-bond acceptors (Lipinski definition) is 3. The van der Waals surface area contributed by atoms with Gasteiger partial charge >= 0.3 is 0 Å². The molecule has 0 unspecified atom stereocenters. The molecule has 1 amide bonds. The second-order valence-electron chi connectivity index (χ2n) is 5.60. The molecular weight excluding hydrogens is 204 g/mol. The lowest BCUT2D eigenvalue weighted by atomic mass is 10.0. The van der Waals surface area contributed by atoms with Crippen molar-refractivity contribution >= 4 is 5.91 Å². The van der Waals surface area contributed by atoms with E-state index in [4.69, 9.17) is 4.74 Å². The van der Waals surface area contributed by atoms with E-state index in [1.54, 1.807) is 7.11 Å². The van der Waals surface area contributed by atoms with Crippen LogP contribution in [0.15, 0.2) is 0 Å². The highest BCUT2D eigenvalue weighted by Gasteiger charge is 2.64. The van der Waals surface area contributed by atoms with Crippen molar-refractivity contribution in [1.82, 2.24) is 10.6 Å². The molecule has 0 aliphatic heterocycles. The first-order valence-electron chi connectivity index (χ1n) is 5.83. The second-order valence-corrected chi connectivity index (χ2v) is 5.60. The summed E-state index contributed by atoms with van der Waals surface area (Å²) < 4.78 is 4.86. The highest BCUT2D eigenvalue weighted by molar-refractivity contribution is 5.78. The van der Waals surface area contributed by atoms with Gasteiger partial charge in [0.1, 0.15) is 0 Å². The molecule has 1 aliphatic rings. The number of ether oxygens (including phenoxy) is 1. The van der Waals surface area contributed by atoms with Gasteiger partial charge in [0.25, 0.3) is 0 Å². The summed E-state index contributed by atoms with van der Waals surface area (Å²) in [6.07, 6.45) is 0. The number of rotatable bonds is 6. The van der Waals surface area contributed by atoms with Gasteiger partial charge in [-0.3, -0.25) is 4.79 Å². The minimum absolute atomic E-state index is 0.0375. The zero-order chi connectivity index (χ0) is 12.4. The van der Waals surface area contributed by atoms with Crippen LogP contribution in [0.2, 0.25) is 0 Å². The molecule has 1 aliphatic carbocycles. The zero-order valence-electron chi connectivity index (χ0n) is 11.0. The molecule has 0 aromatic rings. The van der Waals surface area contributed by atoms with Crippen LogP contribution >= 0.6 is 0 Å². The highest BCUT2D eigenvalue weighted by atomic mass is 16.5. The summed E-state index contributed by atoms with van der Waals surface area (Å²) in [5, 5.41) is 6.11. The van der Waals surface area contributed by atoms with E-state index in [2.05, 4.69) is 38.3 Å². The van der Waals surface area contributed by atoms with E-state index in [9.17, 15) is 4.79 Å². The number of nitrogens with one attached hydrogen (secondary N) is 2. The van der Waals surface area contributed by atoms with Gasteiger partial charge in [0.05, 0.1) is 13.2 Å². The monoisotopic (exact) mass is 228 g/mol. The van der Waals surface area contributed by atoms with E-state index in [-0.39, 0.29) is 16.7 Å². The topological polar surface area (TPSA) is 50.4 Å². The van der Waals surface area contributed by atoms with Crippen molar-refractivity contribution < 1.29 is 9.53 Å². The summed E-state index contributed by atoms with van der Waals surface area (Å²) in [6, 6.07) is 0.424. The Morgan fingerprint density at radius 3 is 2.25 bits per heavy atom. The van der Waals surface area contributed by atoms with Gasteiger partial charge in [-0.15, -0.1) is 0 Å². The third kappa shape index (κ3) is 2.55. The minimum Gasteiger partial charge on any atom is -0.383 e. The lowest BCUT2D eigenvalue weighted by Gasteiger charge is -2.07. The van der Waals surface area contributed by atoms with E-state index in [0.717, 1.165) is 0 Å². The average molecular weight is 228 g/mol. The predicted octanol–water partition coefficient (Wildman–Crippen LogP) is 0.773. The number of amides is 1. The Kier molecular flexibility index (Phi) is 3.97. The predicted molar refractivity (Wildman–Crippen MR) is 64.2 cm³/mol. The molecule has 1 saturated carbocycles. The average Bonchev–Trinajstić information content (AvgIpc) is 2.55. The molecule has 0 heterocycles. The molecule has 2 N–H and O–H groups in total. The first-order valence-corrected chi connectivity index (χ1v) is 5.83. The van der Waals surface area contributed by atoms with Gasteiger partial charge in [-0.2, -0.15) is 0 Å². The lowest BCUT2D eigenvalue weighted by molar-refractivity contribution is -0.120. The minimum atomic E-state index is 0.0375. The van der Waals surface area contributed by atoms with Crippen LogP contribution in [0.4, 0.5) is 0 Å². The molecule has 94 valence electrons. The van der Waals surface area contributed by atoms with Gasteiger partial charge in [0, 0.05) is 19.7 Å². The maximum absolute atomic E-state index is 11.4. The summed E-state index contributed by atoms with van der Waals surface area (Å²) in [5.41, 5.74) is 0.555. The van der Waals surface area contributed by atoms with Crippen LogP contribution in [-0.2, 0) is 9.53 Å². The van der Waals surface area contributed by atoms with E-state index >= 15 is 0 Å². The number of carbonyl (C=O) groups excluding carboxylic acids is 1. The Morgan fingerprint density at radius 2 is 1.81 bits per heavy atom. The first kappa shape index (κ1) is 13.5. The molecule has 1 fully saturated rings. The fourth-order valence-corrected chi connectivity index (χ4v) is 2.26. The highest BCUT2D eigenvalue weighted by Crippen LogP contribution is 2.62. The lowest BCUT2D eigenvalue weighted by Crippen LogP contribution is -2.37. The Morgan fingerprint density at radius 1 is 1.25 bits per heavy atom. The third-order valence-corrected chi connectivity index (χ3v) is 4.12. The smallest absolute Gasteiger partial charge is 0.234 e. The van der Waals surface area contributed by atoms with Crippen molar-refractivity contribution in [2.45, 2.75) is 33.7 Å². The summed E-state index contributed by atoms with van der Waals surface area (Å²) in [5.74, 6) is 0.0375. The van der Waals surface area contributed by atoms with Gasteiger partial charge in [0.15, 0.2) is 0 Å². The molecule has 16 heavy (non-hydrogen) atoms. The van der Waals surface area contributed by atoms with Crippen LogP contribution in [0, 0.1) is 10.8 Å². The maximum atomic E-state index is 11.4. The van der Waals surface area contributed by atoms with E-state index in [1.807, 2.05) is 0 Å². The van der Waals surface area contributed by atoms with E-state index in [0.29, 0.717) is 25.7 Å². The summed E-state index contributed by atoms with van der Waals surface area (Å²) >= 11 is 0. The molecule has 4 nitrogen and oxygen atoms in total. The quantitative estimate of drug-likeness (QED) is 0.660. The van der Waals surface area contributed by atoms with Crippen LogP contribution in [-0.4, -0.2) is 38.8 Å². The van der Waals surface area contributed by atoms with Crippen molar-refractivity contribution in [2.75, 3.05) is 26.8 Å². The van der Waals surface area contributed by atoms with Crippen molar-refractivity contribution in [3.8, 4) is 0 Å².